The molecule has 0 bridgehead atoms. The number of aliphatic carboxylic acids is 1. The zero-order valence-corrected chi connectivity index (χ0v) is 20.2. The van der Waals surface area contributed by atoms with Crippen molar-refractivity contribution in [1.29, 1.82) is 0 Å². The van der Waals surface area contributed by atoms with Gasteiger partial charge in [-0.25, -0.2) is 0 Å². The first-order valence-corrected chi connectivity index (χ1v) is 12.8. The van der Waals surface area contributed by atoms with Crippen LogP contribution in [0, 0.1) is 46.3 Å². The number of hydrogen-bond acceptors (Lipinski definition) is 4. The fourth-order valence-corrected chi connectivity index (χ4v) is 8.53. The van der Waals surface area contributed by atoms with E-state index in [-0.39, 0.29) is 34.4 Å². The predicted octanol–water partition coefficient (Wildman–Crippen LogP) is 4.60. The standard InChI is InChI=1S/C27H42O5/c1-15(6-5-7-16(2)25(31)32)19-8-9-20-24-21(14-23(30)27(19,20)4)26(3)11-10-18(28)12-17(26)13-22(24)29/h12,15-16,19-24,29-30H,5-11,13-14H2,1-4H3,(H,31,32)/t15-,16-,19-,20+,21+,22-,23+,24+,26+,27-/m1/s1. The van der Waals surface area contributed by atoms with Crippen molar-refractivity contribution in [3.8, 4) is 0 Å². The minimum Gasteiger partial charge on any atom is -0.481 e. The number of aliphatic hydroxyl groups excluding tert-OH is 2. The molecule has 5 nitrogen and oxygen atoms in total. The largest absolute Gasteiger partial charge is 0.481 e. The van der Waals surface area contributed by atoms with Gasteiger partial charge in [-0.2, -0.15) is 0 Å². The van der Waals surface area contributed by atoms with Crippen LogP contribution in [-0.2, 0) is 9.59 Å². The van der Waals surface area contributed by atoms with E-state index in [1.165, 1.54) is 0 Å². The van der Waals surface area contributed by atoms with Gasteiger partial charge in [-0.3, -0.25) is 9.59 Å². The zero-order chi connectivity index (χ0) is 23.4. The third-order valence-corrected chi connectivity index (χ3v) is 10.6. The van der Waals surface area contributed by atoms with Gasteiger partial charge in [0.15, 0.2) is 5.78 Å². The molecule has 5 heteroatoms. The summed E-state index contributed by atoms with van der Waals surface area (Å²) in [5.74, 6) is 0.676. The molecule has 4 aliphatic carbocycles. The molecule has 3 N–H and O–H groups in total. The van der Waals surface area contributed by atoms with Crippen LogP contribution in [0.3, 0.4) is 0 Å². The maximum atomic E-state index is 12.1. The molecule has 0 aromatic heterocycles. The lowest BCUT2D eigenvalue weighted by Crippen LogP contribution is -2.60. The molecule has 0 aliphatic heterocycles. The molecule has 10 atom stereocenters. The lowest BCUT2D eigenvalue weighted by Gasteiger charge is -2.61. The van der Waals surface area contributed by atoms with Gasteiger partial charge in [0.25, 0.3) is 0 Å². The second-order valence-electron chi connectivity index (χ2n) is 12.1. The second kappa shape index (κ2) is 8.54. The number of ketones is 1. The van der Waals surface area contributed by atoms with E-state index < -0.39 is 18.2 Å². The molecular weight excluding hydrogens is 404 g/mol. The number of rotatable bonds is 6. The fraction of sp³-hybridized carbons (Fsp3) is 0.852. The molecule has 0 aromatic rings. The van der Waals surface area contributed by atoms with Gasteiger partial charge in [0.2, 0.25) is 0 Å². The van der Waals surface area contributed by atoms with Gasteiger partial charge in [0, 0.05) is 6.42 Å². The Balaban J connectivity index is 1.53. The Morgan fingerprint density at radius 3 is 2.56 bits per heavy atom. The lowest BCUT2D eigenvalue weighted by molar-refractivity contribution is -0.168. The Labute approximate surface area is 192 Å². The molecule has 0 heterocycles. The van der Waals surface area contributed by atoms with Crippen molar-refractivity contribution in [2.24, 2.45) is 46.3 Å². The van der Waals surface area contributed by atoms with Crippen LogP contribution in [-0.4, -0.2) is 39.3 Å². The van der Waals surface area contributed by atoms with Crippen LogP contribution in [0.4, 0.5) is 0 Å². The van der Waals surface area contributed by atoms with Crippen molar-refractivity contribution in [2.75, 3.05) is 0 Å². The van der Waals surface area contributed by atoms with Crippen LogP contribution in [0.15, 0.2) is 11.6 Å². The fourth-order valence-electron chi connectivity index (χ4n) is 8.53. The van der Waals surface area contributed by atoms with Crippen molar-refractivity contribution < 1.29 is 24.9 Å². The highest BCUT2D eigenvalue weighted by Gasteiger charge is 2.64. The van der Waals surface area contributed by atoms with E-state index in [4.69, 9.17) is 5.11 Å². The molecule has 0 amide bonds. The van der Waals surface area contributed by atoms with Crippen LogP contribution < -0.4 is 0 Å². The van der Waals surface area contributed by atoms with Crippen molar-refractivity contribution in [3.63, 3.8) is 0 Å². The number of hydrogen-bond donors (Lipinski definition) is 3. The van der Waals surface area contributed by atoms with Crippen LogP contribution >= 0.6 is 0 Å². The maximum absolute atomic E-state index is 12.1. The van der Waals surface area contributed by atoms with E-state index in [1.54, 1.807) is 13.0 Å². The van der Waals surface area contributed by atoms with E-state index >= 15 is 0 Å². The van der Waals surface area contributed by atoms with Crippen molar-refractivity contribution in [3.05, 3.63) is 11.6 Å². The molecule has 0 aromatic carbocycles. The van der Waals surface area contributed by atoms with Crippen molar-refractivity contribution in [2.45, 2.75) is 97.7 Å². The summed E-state index contributed by atoms with van der Waals surface area (Å²) in [6, 6.07) is 0. The normalized spacial score (nSPS) is 45.3. The van der Waals surface area contributed by atoms with Crippen molar-refractivity contribution >= 4 is 11.8 Å². The van der Waals surface area contributed by atoms with E-state index in [9.17, 15) is 19.8 Å². The summed E-state index contributed by atoms with van der Waals surface area (Å²) in [5.41, 5.74) is 0.813. The molecule has 0 saturated heterocycles. The van der Waals surface area contributed by atoms with Crippen LogP contribution in [0.25, 0.3) is 0 Å². The van der Waals surface area contributed by atoms with Gasteiger partial charge >= 0.3 is 5.97 Å². The summed E-state index contributed by atoms with van der Waals surface area (Å²) in [6.07, 6.45) is 8.37. The first-order chi connectivity index (χ1) is 15.0. The van der Waals surface area contributed by atoms with E-state index in [0.717, 1.165) is 37.7 Å². The molecule has 4 rings (SSSR count). The average molecular weight is 447 g/mol. The monoisotopic (exact) mass is 446 g/mol. The van der Waals surface area contributed by atoms with E-state index in [0.29, 0.717) is 43.4 Å². The first-order valence-electron chi connectivity index (χ1n) is 12.8. The molecule has 0 radical (unpaired) electrons. The number of carboxylic acid groups (broad SMARTS) is 1. The molecule has 0 unspecified atom stereocenters. The summed E-state index contributed by atoms with van der Waals surface area (Å²) in [7, 11) is 0. The average Bonchev–Trinajstić information content (AvgIpc) is 3.08. The number of carbonyl (C=O) groups is 2. The smallest absolute Gasteiger partial charge is 0.306 e. The lowest BCUT2D eigenvalue weighted by atomic mass is 9.45. The van der Waals surface area contributed by atoms with E-state index in [2.05, 4.69) is 20.8 Å². The third-order valence-electron chi connectivity index (χ3n) is 10.6. The predicted molar refractivity (Wildman–Crippen MR) is 123 cm³/mol. The Bertz CT molecular complexity index is 789. The Kier molecular flexibility index (Phi) is 6.39. The Morgan fingerprint density at radius 1 is 1.16 bits per heavy atom. The maximum Gasteiger partial charge on any atom is 0.306 e. The van der Waals surface area contributed by atoms with E-state index in [1.807, 2.05) is 0 Å². The number of carbonyl (C=O) groups excluding carboxylic acids is 1. The van der Waals surface area contributed by atoms with Gasteiger partial charge in [0.1, 0.15) is 0 Å². The molecule has 32 heavy (non-hydrogen) atoms. The Hall–Kier alpha value is -1.20. The van der Waals surface area contributed by atoms with Gasteiger partial charge in [-0.15, -0.1) is 0 Å². The second-order valence-corrected chi connectivity index (χ2v) is 12.1. The quantitative estimate of drug-likeness (QED) is 0.554. The SMILES string of the molecule is C[C@H](CCC[C@@H](C)[C@H]1CC[C@H]2[C@@H]3[C@H](O)CC4=CC(=O)CC[C@]4(C)[C@H]3C[C@H](O)[C@]12C)C(=O)O. The summed E-state index contributed by atoms with van der Waals surface area (Å²) >= 11 is 0. The van der Waals surface area contributed by atoms with Gasteiger partial charge < -0.3 is 15.3 Å². The van der Waals surface area contributed by atoms with Gasteiger partial charge in [0.05, 0.1) is 18.1 Å². The zero-order valence-electron chi connectivity index (χ0n) is 20.2. The molecule has 3 fully saturated rings. The summed E-state index contributed by atoms with van der Waals surface area (Å²) in [6.45, 7) is 8.58. The molecule has 0 spiro atoms. The number of fused-ring (bicyclic) bond motifs is 5. The third kappa shape index (κ3) is 3.68. The van der Waals surface area contributed by atoms with Crippen LogP contribution in [0.2, 0.25) is 0 Å². The molecule has 4 aliphatic rings. The number of aliphatic hydroxyl groups is 2. The minimum atomic E-state index is -0.725. The number of carboxylic acids is 1. The Morgan fingerprint density at radius 2 is 1.88 bits per heavy atom. The first kappa shape index (κ1) is 23.9. The highest BCUT2D eigenvalue weighted by atomic mass is 16.4. The molecule has 180 valence electrons. The van der Waals surface area contributed by atoms with Crippen molar-refractivity contribution in [1.82, 2.24) is 0 Å². The summed E-state index contributed by atoms with van der Waals surface area (Å²) < 4.78 is 0. The minimum absolute atomic E-state index is 0.0865. The van der Waals surface area contributed by atoms with Gasteiger partial charge in [-0.05, 0) is 85.0 Å². The summed E-state index contributed by atoms with van der Waals surface area (Å²) in [5, 5.41) is 32.0. The summed E-state index contributed by atoms with van der Waals surface area (Å²) in [4.78, 5) is 23.2. The molecular formula is C27H42O5. The highest BCUT2D eigenvalue weighted by molar-refractivity contribution is 5.91. The topological polar surface area (TPSA) is 94.8 Å². The molecule has 3 saturated carbocycles. The van der Waals surface area contributed by atoms with Crippen LogP contribution in [0.1, 0.15) is 85.5 Å². The highest BCUT2D eigenvalue weighted by Crippen LogP contribution is 2.67. The van der Waals surface area contributed by atoms with Gasteiger partial charge in [-0.1, -0.05) is 46.1 Å². The van der Waals surface area contributed by atoms with Crippen LogP contribution in [0.5, 0.6) is 0 Å².